The molecule has 0 N–H and O–H groups in total. The first-order valence-corrected chi connectivity index (χ1v) is 9.97. The molecule has 3 nitrogen and oxygen atoms in total. The molecule has 0 aliphatic heterocycles. The summed E-state index contributed by atoms with van der Waals surface area (Å²) < 4.78 is 24.2. The number of hydrogen-bond acceptors (Lipinski definition) is 3. The van der Waals surface area contributed by atoms with E-state index in [-0.39, 0.29) is 5.82 Å². The summed E-state index contributed by atoms with van der Waals surface area (Å²) in [6.45, 7) is 2.86. The number of benzene rings is 3. The van der Waals surface area contributed by atoms with Crippen molar-refractivity contribution in [3.8, 4) is 22.6 Å². The van der Waals surface area contributed by atoms with Crippen molar-refractivity contribution in [1.29, 1.82) is 0 Å². The van der Waals surface area contributed by atoms with Crippen LogP contribution in [0.5, 0.6) is 11.5 Å². The Morgan fingerprint density at radius 2 is 1.34 bits per heavy atom. The van der Waals surface area contributed by atoms with Crippen LogP contribution in [-0.2, 0) is 0 Å². The number of carbonyl (C=O) groups is 1. The second kappa shape index (κ2) is 10.4. The van der Waals surface area contributed by atoms with E-state index >= 15 is 0 Å². The molecule has 0 atom stereocenters. The summed E-state index contributed by atoms with van der Waals surface area (Å²) in [5.41, 5.74) is 2.28. The lowest BCUT2D eigenvalue weighted by atomic mass is 10.1. The molecule has 4 heteroatoms. The van der Waals surface area contributed by atoms with Crippen LogP contribution in [0.15, 0.2) is 72.8 Å². The summed E-state index contributed by atoms with van der Waals surface area (Å²) in [5, 5.41) is 0. The Bertz CT molecular complexity index is 900. The maximum Gasteiger partial charge on any atom is 0.343 e. The van der Waals surface area contributed by atoms with Crippen molar-refractivity contribution in [2.75, 3.05) is 6.61 Å². The van der Waals surface area contributed by atoms with Gasteiger partial charge < -0.3 is 9.47 Å². The maximum absolute atomic E-state index is 13.0. The van der Waals surface area contributed by atoms with Crippen molar-refractivity contribution >= 4 is 5.97 Å². The summed E-state index contributed by atoms with van der Waals surface area (Å²) in [6.07, 6.45) is 4.62. The Kier molecular flexibility index (Phi) is 7.40. The van der Waals surface area contributed by atoms with Gasteiger partial charge in [0.25, 0.3) is 0 Å². The van der Waals surface area contributed by atoms with Crippen LogP contribution in [0.4, 0.5) is 4.39 Å². The summed E-state index contributed by atoms with van der Waals surface area (Å²) >= 11 is 0. The highest BCUT2D eigenvalue weighted by Gasteiger charge is 2.09. The van der Waals surface area contributed by atoms with E-state index in [1.165, 1.54) is 31.4 Å². The summed E-state index contributed by atoms with van der Waals surface area (Å²) in [5.74, 6) is 0.514. The molecule has 0 bridgehead atoms. The Hall–Kier alpha value is -3.14. The normalized spacial score (nSPS) is 10.6. The van der Waals surface area contributed by atoms with Crippen LogP contribution in [0.1, 0.15) is 43.0 Å². The smallest absolute Gasteiger partial charge is 0.343 e. The van der Waals surface area contributed by atoms with E-state index in [0.29, 0.717) is 17.9 Å². The number of rotatable bonds is 9. The van der Waals surface area contributed by atoms with Gasteiger partial charge in [0.2, 0.25) is 0 Å². The number of unbranched alkanes of at least 4 members (excludes halogenated alkanes) is 3. The van der Waals surface area contributed by atoms with Crippen LogP contribution < -0.4 is 9.47 Å². The van der Waals surface area contributed by atoms with Crippen LogP contribution in [0.3, 0.4) is 0 Å². The third-order valence-corrected chi connectivity index (χ3v) is 4.60. The van der Waals surface area contributed by atoms with E-state index in [2.05, 4.69) is 6.92 Å². The van der Waals surface area contributed by atoms with Gasteiger partial charge in [-0.05, 0) is 66.1 Å². The van der Waals surface area contributed by atoms with Gasteiger partial charge in [0, 0.05) is 0 Å². The van der Waals surface area contributed by atoms with Crippen molar-refractivity contribution in [3.63, 3.8) is 0 Å². The highest BCUT2D eigenvalue weighted by Crippen LogP contribution is 2.23. The number of halogens is 1. The predicted molar refractivity (Wildman–Crippen MR) is 113 cm³/mol. The predicted octanol–water partition coefficient (Wildman–Crippen LogP) is 6.67. The van der Waals surface area contributed by atoms with E-state index < -0.39 is 5.97 Å². The van der Waals surface area contributed by atoms with Gasteiger partial charge in [-0.2, -0.15) is 0 Å². The molecule has 0 spiro atoms. The highest BCUT2D eigenvalue weighted by molar-refractivity contribution is 5.91. The fourth-order valence-corrected chi connectivity index (χ4v) is 2.93. The van der Waals surface area contributed by atoms with Gasteiger partial charge >= 0.3 is 5.97 Å². The zero-order chi connectivity index (χ0) is 20.5. The third kappa shape index (κ3) is 6.18. The first kappa shape index (κ1) is 20.6. The zero-order valence-corrected chi connectivity index (χ0v) is 16.6. The molecule has 0 saturated carbocycles. The van der Waals surface area contributed by atoms with Gasteiger partial charge in [-0.15, -0.1) is 0 Å². The van der Waals surface area contributed by atoms with E-state index in [9.17, 15) is 9.18 Å². The van der Waals surface area contributed by atoms with Crippen LogP contribution in [0.25, 0.3) is 11.1 Å². The molecular weight excluding hydrogens is 367 g/mol. The molecule has 0 aliphatic carbocycles. The fraction of sp³-hybridized carbons (Fsp3) is 0.240. The Morgan fingerprint density at radius 3 is 1.97 bits per heavy atom. The molecule has 0 aromatic heterocycles. The summed E-state index contributed by atoms with van der Waals surface area (Å²) in [4.78, 5) is 12.3. The number of ether oxygens (including phenoxy) is 2. The Balaban J connectivity index is 1.53. The average Bonchev–Trinajstić information content (AvgIpc) is 2.75. The fourth-order valence-electron chi connectivity index (χ4n) is 2.93. The third-order valence-electron chi connectivity index (χ3n) is 4.60. The molecule has 0 fully saturated rings. The lowest BCUT2D eigenvalue weighted by molar-refractivity contribution is 0.0734. The monoisotopic (exact) mass is 392 g/mol. The van der Waals surface area contributed by atoms with Gasteiger partial charge in [-0.25, -0.2) is 9.18 Å². The van der Waals surface area contributed by atoms with Crippen molar-refractivity contribution in [1.82, 2.24) is 0 Å². The van der Waals surface area contributed by atoms with Gasteiger partial charge in [0.1, 0.15) is 17.3 Å². The maximum atomic E-state index is 13.0. The van der Waals surface area contributed by atoms with Crippen molar-refractivity contribution in [2.24, 2.45) is 0 Å². The first-order chi connectivity index (χ1) is 14.2. The van der Waals surface area contributed by atoms with Crippen molar-refractivity contribution in [3.05, 3.63) is 84.2 Å². The van der Waals surface area contributed by atoms with E-state index in [1.54, 1.807) is 48.5 Å². The molecule has 3 aromatic carbocycles. The van der Waals surface area contributed by atoms with Gasteiger partial charge in [0.05, 0.1) is 12.2 Å². The standard InChI is InChI=1S/C25H25FO3/c1-2-3-4-5-18-28-23-14-10-21(11-15-23)25(27)29-24-16-8-20(9-17-24)19-6-12-22(26)13-7-19/h6-17H,2-5,18H2,1H3. The second-order valence-electron chi connectivity index (χ2n) is 6.85. The van der Waals surface area contributed by atoms with E-state index in [0.717, 1.165) is 23.3 Å². The summed E-state index contributed by atoms with van der Waals surface area (Å²) in [6, 6.07) is 20.4. The first-order valence-electron chi connectivity index (χ1n) is 9.97. The highest BCUT2D eigenvalue weighted by atomic mass is 19.1. The minimum atomic E-state index is -0.422. The molecule has 0 aliphatic rings. The van der Waals surface area contributed by atoms with Gasteiger partial charge in [-0.3, -0.25) is 0 Å². The van der Waals surface area contributed by atoms with Crippen LogP contribution in [0.2, 0.25) is 0 Å². The second-order valence-corrected chi connectivity index (χ2v) is 6.85. The quantitative estimate of drug-likeness (QED) is 0.232. The Morgan fingerprint density at radius 1 is 0.759 bits per heavy atom. The molecular formula is C25H25FO3. The molecule has 29 heavy (non-hydrogen) atoms. The largest absolute Gasteiger partial charge is 0.494 e. The topological polar surface area (TPSA) is 35.5 Å². The van der Waals surface area contributed by atoms with Crippen LogP contribution in [-0.4, -0.2) is 12.6 Å². The van der Waals surface area contributed by atoms with Crippen molar-refractivity contribution < 1.29 is 18.7 Å². The minimum absolute atomic E-state index is 0.271. The van der Waals surface area contributed by atoms with E-state index in [4.69, 9.17) is 9.47 Å². The summed E-state index contributed by atoms with van der Waals surface area (Å²) in [7, 11) is 0. The number of carbonyl (C=O) groups excluding carboxylic acids is 1. The lowest BCUT2D eigenvalue weighted by Gasteiger charge is -2.08. The molecule has 150 valence electrons. The van der Waals surface area contributed by atoms with Gasteiger partial charge in [0.15, 0.2) is 0 Å². The average molecular weight is 392 g/mol. The minimum Gasteiger partial charge on any atom is -0.494 e. The van der Waals surface area contributed by atoms with Crippen LogP contribution >= 0.6 is 0 Å². The number of esters is 1. The SMILES string of the molecule is CCCCCCOc1ccc(C(=O)Oc2ccc(-c3ccc(F)cc3)cc2)cc1. The van der Waals surface area contributed by atoms with E-state index in [1.807, 2.05) is 12.1 Å². The zero-order valence-electron chi connectivity index (χ0n) is 16.6. The molecule has 3 rings (SSSR count). The lowest BCUT2D eigenvalue weighted by Crippen LogP contribution is -2.08. The molecule has 3 aromatic rings. The molecule has 0 amide bonds. The van der Waals surface area contributed by atoms with Gasteiger partial charge in [-0.1, -0.05) is 50.5 Å². The van der Waals surface area contributed by atoms with Crippen molar-refractivity contribution in [2.45, 2.75) is 32.6 Å². The molecule has 0 heterocycles. The molecule has 0 radical (unpaired) electrons. The number of hydrogen-bond donors (Lipinski definition) is 0. The molecule has 0 saturated heterocycles. The molecule has 0 unspecified atom stereocenters. The Labute approximate surface area is 171 Å². The van der Waals surface area contributed by atoms with Crippen LogP contribution in [0, 0.1) is 5.82 Å².